The van der Waals surface area contributed by atoms with E-state index in [2.05, 4.69) is 38.8 Å². The summed E-state index contributed by atoms with van der Waals surface area (Å²) in [4.78, 5) is 2.52. The predicted octanol–water partition coefficient (Wildman–Crippen LogP) is 1.33. The van der Waals surface area contributed by atoms with Crippen LogP contribution in [-0.2, 0) is 13.6 Å². The van der Waals surface area contributed by atoms with E-state index < -0.39 is 0 Å². The van der Waals surface area contributed by atoms with Crippen LogP contribution in [0.2, 0.25) is 0 Å². The lowest BCUT2D eigenvalue weighted by Gasteiger charge is -2.38. The van der Waals surface area contributed by atoms with Crippen molar-refractivity contribution in [2.75, 3.05) is 19.6 Å². The van der Waals surface area contributed by atoms with E-state index in [9.17, 15) is 0 Å². The van der Waals surface area contributed by atoms with Gasteiger partial charge in [0.05, 0.1) is 6.54 Å². The molecule has 2 heterocycles. The van der Waals surface area contributed by atoms with E-state index in [4.69, 9.17) is 0 Å². The van der Waals surface area contributed by atoms with Gasteiger partial charge >= 0.3 is 0 Å². The first-order chi connectivity index (χ1) is 9.15. The number of nitrogens with one attached hydrogen (secondary N) is 1. The van der Waals surface area contributed by atoms with Crippen molar-refractivity contribution in [2.45, 2.75) is 46.2 Å². The third-order valence-corrected chi connectivity index (χ3v) is 4.36. The first-order valence-corrected chi connectivity index (χ1v) is 7.46. The SMILES string of the molecule is CCNC1CCN(Cc2nnc(C)n2C)CC1CC. The number of rotatable bonds is 5. The number of likely N-dealkylation sites (tertiary alicyclic amines) is 1. The van der Waals surface area contributed by atoms with Crippen LogP contribution in [0.5, 0.6) is 0 Å². The van der Waals surface area contributed by atoms with Gasteiger partial charge in [0, 0.05) is 26.2 Å². The van der Waals surface area contributed by atoms with Gasteiger partial charge in [0.2, 0.25) is 0 Å². The Hall–Kier alpha value is -0.940. The summed E-state index contributed by atoms with van der Waals surface area (Å²) in [5, 5.41) is 12.0. The predicted molar refractivity (Wildman–Crippen MR) is 76.9 cm³/mol. The Morgan fingerprint density at radius 1 is 1.32 bits per heavy atom. The molecule has 1 aromatic heterocycles. The summed E-state index contributed by atoms with van der Waals surface area (Å²) in [6.07, 6.45) is 2.48. The Labute approximate surface area is 116 Å². The van der Waals surface area contributed by atoms with Crippen LogP contribution in [0.4, 0.5) is 0 Å². The zero-order chi connectivity index (χ0) is 13.8. The molecule has 1 aliphatic rings. The van der Waals surface area contributed by atoms with Gasteiger partial charge < -0.3 is 9.88 Å². The molecule has 5 nitrogen and oxygen atoms in total. The second-order valence-electron chi connectivity index (χ2n) is 5.58. The molecule has 108 valence electrons. The topological polar surface area (TPSA) is 46.0 Å². The highest BCUT2D eigenvalue weighted by Gasteiger charge is 2.27. The molecule has 0 aromatic carbocycles. The minimum Gasteiger partial charge on any atom is -0.317 e. The molecular formula is C14H27N5. The zero-order valence-corrected chi connectivity index (χ0v) is 12.7. The van der Waals surface area contributed by atoms with Gasteiger partial charge in [0.15, 0.2) is 0 Å². The average Bonchev–Trinajstić information content (AvgIpc) is 2.73. The minimum absolute atomic E-state index is 0.687. The molecule has 1 aromatic rings. The van der Waals surface area contributed by atoms with Gasteiger partial charge in [0.1, 0.15) is 11.6 Å². The van der Waals surface area contributed by atoms with Gasteiger partial charge in [-0.25, -0.2) is 0 Å². The number of piperidine rings is 1. The molecule has 1 fully saturated rings. The third-order valence-electron chi connectivity index (χ3n) is 4.36. The molecule has 0 spiro atoms. The highest BCUT2D eigenvalue weighted by Crippen LogP contribution is 2.21. The van der Waals surface area contributed by atoms with Crippen LogP contribution in [0.1, 0.15) is 38.3 Å². The number of hydrogen-bond acceptors (Lipinski definition) is 4. The van der Waals surface area contributed by atoms with E-state index in [-0.39, 0.29) is 0 Å². The van der Waals surface area contributed by atoms with Crippen LogP contribution in [0.3, 0.4) is 0 Å². The Kier molecular flexibility index (Phi) is 4.93. The molecule has 2 atom stereocenters. The van der Waals surface area contributed by atoms with Crippen molar-refractivity contribution >= 4 is 0 Å². The van der Waals surface area contributed by atoms with Crippen molar-refractivity contribution in [3.05, 3.63) is 11.6 Å². The number of hydrogen-bond donors (Lipinski definition) is 1. The summed E-state index contributed by atoms with van der Waals surface area (Å²) >= 11 is 0. The molecule has 2 rings (SSSR count). The Bertz CT molecular complexity index is 401. The van der Waals surface area contributed by atoms with E-state index in [0.717, 1.165) is 37.2 Å². The van der Waals surface area contributed by atoms with Crippen LogP contribution in [0, 0.1) is 12.8 Å². The van der Waals surface area contributed by atoms with Crippen molar-refractivity contribution in [2.24, 2.45) is 13.0 Å². The summed E-state index contributed by atoms with van der Waals surface area (Å²) in [5.74, 6) is 2.82. The third kappa shape index (κ3) is 3.34. The summed E-state index contributed by atoms with van der Waals surface area (Å²) in [7, 11) is 2.05. The maximum Gasteiger partial charge on any atom is 0.146 e. The lowest BCUT2D eigenvalue weighted by molar-refractivity contribution is 0.126. The van der Waals surface area contributed by atoms with Crippen molar-refractivity contribution < 1.29 is 0 Å². The maximum absolute atomic E-state index is 4.27. The monoisotopic (exact) mass is 265 g/mol. The van der Waals surface area contributed by atoms with E-state index in [1.807, 2.05) is 14.0 Å². The van der Waals surface area contributed by atoms with Crippen LogP contribution in [0.15, 0.2) is 0 Å². The normalized spacial score (nSPS) is 24.8. The summed E-state index contributed by atoms with van der Waals surface area (Å²) in [6.45, 7) is 10.8. The van der Waals surface area contributed by atoms with E-state index in [0.29, 0.717) is 6.04 Å². The summed E-state index contributed by atoms with van der Waals surface area (Å²) in [5.41, 5.74) is 0. The molecule has 5 heteroatoms. The van der Waals surface area contributed by atoms with Crippen LogP contribution < -0.4 is 5.32 Å². The molecule has 1 aliphatic heterocycles. The first-order valence-electron chi connectivity index (χ1n) is 7.46. The zero-order valence-electron chi connectivity index (χ0n) is 12.7. The molecule has 19 heavy (non-hydrogen) atoms. The van der Waals surface area contributed by atoms with Crippen LogP contribution in [-0.4, -0.2) is 45.3 Å². The van der Waals surface area contributed by atoms with Crippen molar-refractivity contribution in [1.29, 1.82) is 0 Å². The molecule has 0 saturated carbocycles. The van der Waals surface area contributed by atoms with E-state index >= 15 is 0 Å². The van der Waals surface area contributed by atoms with Crippen molar-refractivity contribution in [1.82, 2.24) is 25.0 Å². The molecule has 0 amide bonds. The Balaban J connectivity index is 1.94. The number of aromatic nitrogens is 3. The quantitative estimate of drug-likeness (QED) is 0.872. The lowest BCUT2D eigenvalue weighted by atomic mass is 9.90. The lowest BCUT2D eigenvalue weighted by Crippen LogP contribution is -2.49. The smallest absolute Gasteiger partial charge is 0.146 e. The van der Waals surface area contributed by atoms with Crippen LogP contribution >= 0.6 is 0 Å². The number of aryl methyl sites for hydroxylation is 1. The number of nitrogens with zero attached hydrogens (tertiary/aromatic N) is 4. The van der Waals surface area contributed by atoms with Gasteiger partial charge in [-0.05, 0) is 25.8 Å². The van der Waals surface area contributed by atoms with Crippen molar-refractivity contribution in [3.8, 4) is 0 Å². The molecule has 1 saturated heterocycles. The molecule has 0 radical (unpaired) electrons. The second kappa shape index (κ2) is 6.48. The molecular weight excluding hydrogens is 238 g/mol. The maximum atomic E-state index is 4.27. The van der Waals surface area contributed by atoms with Gasteiger partial charge in [-0.2, -0.15) is 0 Å². The van der Waals surface area contributed by atoms with Gasteiger partial charge in [-0.3, -0.25) is 4.90 Å². The molecule has 0 aliphatic carbocycles. The van der Waals surface area contributed by atoms with E-state index in [1.165, 1.54) is 19.4 Å². The largest absolute Gasteiger partial charge is 0.317 e. The fourth-order valence-electron chi connectivity index (χ4n) is 2.98. The molecule has 1 N–H and O–H groups in total. The fraction of sp³-hybridized carbons (Fsp3) is 0.857. The van der Waals surface area contributed by atoms with Gasteiger partial charge in [0.25, 0.3) is 0 Å². The van der Waals surface area contributed by atoms with Gasteiger partial charge in [-0.1, -0.05) is 20.3 Å². The highest BCUT2D eigenvalue weighted by atomic mass is 15.3. The molecule has 0 bridgehead atoms. The standard InChI is InChI=1S/C14H27N5/c1-5-12-9-19(8-7-13(12)15-6-2)10-14-17-16-11(3)18(14)4/h12-13,15H,5-10H2,1-4H3. The molecule has 2 unspecified atom stereocenters. The summed E-state index contributed by atoms with van der Waals surface area (Å²) in [6, 6.07) is 0.687. The fourth-order valence-corrected chi connectivity index (χ4v) is 2.98. The van der Waals surface area contributed by atoms with E-state index in [1.54, 1.807) is 0 Å². The second-order valence-corrected chi connectivity index (χ2v) is 5.58. The van der Waals surface area contributed by atoms with Crippen molar-refractivity contribution in [3.63, 3.8) is 0 Å². The first kappa shape index (κ1) is 14.5. The Morgan fingerprint density at radius 3 is 2.68 bits per heavy atom. The van der Waals surface area contributed by atoms with Gasteiger partial charge in [-0.15, -0.1) is 10.2 Å². The average molecular weight is 265 g/mol. The highest BCUT2D eigenvalue weighted by molar-refractivity contribution is 4.94. The summed E-state index contributed by atoms with van der Waals surface area (Å²) < 4.78 is 2.09. The Morgan fingerprint density at radius 2 is 2.11 bits per heavy atom. The van der Waals surface area contributed by atoms with Crippen LogP contribution in [0.25, 0.3) is 0 Å². The minimum atomic E-state index is 0.687.